The summed E-state index contributed by atoms with van der Waals surface area (Å²) in [6.45, 7) is 5.64. The van der Waals surface area contributed by atoms with E-state index in [-0.39, 0.29) is 5.91 Å². The third-order valence-electron chi connectivity index (χ3n) is 4.00. The smallest absolute Gasteiger partial charge is 0.220 e. The summed E-state index contributed by atoms with van der Waals surface area (Å²) < 4.78 is 5.50. The van der Waals surface area contributed by atoms with Gasteiger partial charge in [-0.15, -0.1) is 0 Å². The Hall–Kier alpha value is -0.870. The number of hydrogen-bond acceptors (Lipinski definition) is 3. The van der Waals surface area contributed by atoms with Gasteiger partial charge < -0.3 is 15.4 Å². The summed E-state index contributed by atoms with van der Waals surface area (Å²) in [5, 5.41) is 6.33. The summed E-state index contributed by atoms with van der Waals surface area (Å²) >= 11 is 0. The molecule has 1 fully saturated rings. The number of carbonyl (C=O) groups is 1. The van der Waals surface area contributed by atoms with Crippen LogP contribution < -0.4 is 10.6 Å². The molecule has 19 heavy (non-hydrogen) atoms. The Morgan fingerprint density at radius 1 is 1.53 bits per heavy atom. The van der Waals surface area contributed by atoms with Crippen molar-refractivity contribution in [3.05, 3.63) is 11.6 Å². The number of nitrogens with one attached hydrogen (secondary N) is 2. The van der Waals surface area contributed by atoms with E-state index in [9.17, 15) is 4.79 Å². The first-order valence-corrected chi connectivity index (χ1v) is 7.55. The lowest BCUT2D eigenvalue weighted by Gasteiger charge is -2.34. The van der Waals surface area contributed by atoms with E-state index >= 15 is 0 Å². The monoisotopic (exact) mass is 266 g/mol. The molecule has 0 atom stereocenters. The van der Waals surface area contributed by atoms with Crippen LogP contribution in [0.25, 0.3) is 0 Å². The van der Waals surface area contributed by atoms with Crippen molar-refractivity contribution >= 4 is 5.91 Å². The zero-order valence-corrected chi connectivity index (χ0v) is 11.9. The lowest BCUT2D eigenvalue weighted by Crippen LogP contribution is -2.36. The Bertz CT molecular complexity index is 322. The van der Waals surface area contributed by atoms with Crippen molar-refractivity contribution in [1.29, 1.82) is 0 Å². The van der Waals surface area contributed by atoms with E-state index < -0.39 is 0 Å². The predicted molar refractivity (Wildman–Crippen MR) is 76.0 cm³/mol. The largest absolute Gasteiger partial charge is 0.378 e. The van der Waals surface area contributed by atoms with Crippen molar-refractivity contribution in [1.82, 2.24) is 10.6 Å². The Morgan fingerprint density at radius 3 is 3.05 bits per heavy atom. The van der Waals surface area contributed by atoms with Crippen LogP contribution in [0.15, 0.2) is 11.6 Å². The molecule has 2 rings (SSSR count). The molecular weight excluding hydrogens is 240 g/mol. The highest BCUT2D eigenvalue weighted by Crippen LogP contribution is 2.32. The Morgan fingerprint density at radius 2 is 2.37 bits per heavy atom. The molecule has 0 radical (unpaired) electrons. The second kappa shape index (κ2) is 7.65. The van der Waals surface area contributed by atoms with Crippen LogP contribution >= 0.6 is 0 Å². The molecule has 2 aliphatic rings. The third kappa shape index (κ3) is 4.96. The van der Waals surface area contributed by atoms with Gasteiger partial charge in [0.25, 0.3) is 0 Å². The quantitative estimate of drug-likeness (QED) is 0.688. The van der Waals surface area contributed by atoms with Gasteiger partial charge in [-0.25, -0.2) is 0 Å². The van der Waals surface area contributed by atoms with Crippen molar-refractivity contribution in [2.45, 2.75) is 45.1 Å². The Balaban J connectivity index is 1.52. The normalized spacial score (nSPS) is 26.5. The van der Waals surface area contributed by atoms with Crippen molar-refractivity contribution in [2.24, 2.45) is 5.92 Å². The zero-order chi connectivity index (χ0) is 13.5. The van der Waals surface area contributed by atoms with Crippen molar-refractivity contribution < 1.29 is 9.53 Å². The highest BCUT2D eigenvalue weighted by Gasteiger charge is 2.30. The lowest BCUT2D eigenvalue weighted by molar-refractivity contribution is -0.124. The molecule has 0 bridgehead atoms. The van der Waals surface area contributed by atoms with E-state index in [0.29, 0.717) is 18.4 Å². The van der Waals surface area contributed by atoms with Crippen LogP contribution in [0.5, 0.6) is 0 Å². The minimum atomic E-state index is 0.203. The van der Waals surface area contributed by atoms with E-state index in [2.05, 4.69) is 16.7 Å². The molecule has 0 unspecified atom stereocenters. The third-order valence-corrected chi connectivity index (χ3v) is 4.00. The first kappa shape index (κ1) is 14.5. The molecule has 1 aliphatic heterocycles. The summed E-state index contributed by atoms with van der Waals surface area (Å²) in [6.07, 6.45) is 7.55. The average Bonchev–Trinajstić information content (AvgIpc) is 2.37. The molecule has 1 aliphatic carbocycles. The summed E-state index contributed by atoms with van der Waals surface area (Å²) in [5.41, 5.74) is 1.47. The van der Waals surface area contributed by atoms with E-state index in [4.69, 9.17) is 4.74 Å². The molecule has 0 aromatic rings. The lowest BCUT2D eigenvalue weighted by atomic mass is 9.80. The standard InChI is InChI=1S/C15H26N2O2/c1-2-19-14-9-13(10-14)11-15(18)17-8-5-12-3-6-16-7-4-12/h3,13-14,16H,2,4-11H2,1H3,(H,17,18). The molecule has 108 valence electrons. The molecule has 1 amide bonds. The minimum Gasteiger partial charge on any atom is -0.378 e. The molecule has 2 N–H and O–H groups in total. The van der Waals surface area contributed by atoms with Crippen LogP contribution in [-0.2, 0) is 9.53 Å². The maximum atomic E-state index is 11.8. The molecule has 0 saturated heterocycles. The number of hydrogen-bond donors (Lipinski definition) is 2. The maximum Gasteiger partial charge on any atom is 0.220 e. The molecule has 0 spiro atoms. The summed E-state index contributed by atoms with van der Waals surface area (Å²) in [6, 6.07) is 0. The minimum absolute atomic E-state index is 0.203. The van der Waals surface area contributed by atoms with Crippen LogP contribution in [0.3, 0.4) is 0 Å². The molecular formula is C15H26N2O2. The van der Waals surface area contributed by atoms with Crippen LogP contribution in [0, 0.1) is 5.92 Å². The average molecular weight is 266 g/mol. The van der Waals surface area contributed by atoms with Gasteiger partial charge in [-0.3, -0.25) is 4.79 Å². The van der Waals surface area contributed by atoms with E-state index in [1.807, 2.05) is 6.92 Å². The van der Waals surface area contributed by atoms with Gasteiger partial charge in [-0.2, -0.15) is 0 Å². The second-order valence-corrected chi connectivity index (χ2v) is 5.54. The number of amides is 1. The highest BCUT2D eigenvalue weighted by atomic mass is 16.5. The molecule has 0 aromatic heterocycles. The highest BCUT2D eigenvalue weighted by molar-refractivity contribution is 5.76. The fourth-order valence-corrected chi connectivity index (χ4v) is 2.81. The predicted octanol–water partition coefficient (Wildman–Crippen LogP) is 1.62. The summed E-state index contributed by atoms with van der Waals surface area (Å²) in [4.78, 5) is 11.8. The summed E-state index contributed by atoms with van der Waals surface area (Å²) in [5.74, 6) is 0.740. The second-order valence-electron chi connectivity index (χ2n) is 5.54. The van der Waals surface area contributed by atoms with Gasteiger partial charge in [0.1, 0.15) is 0 Å². The molecule has 1 heterocycles. The van der Waals surface area contributed by atoms with Crippen LogP contribution in [-0.4, -0.2) is 38.3 Å². The van der Waals surface area contributed by atoms with Gasteiger partial charge in [0, 0.05) is 26.1 Å². The molecule has 1 saturated carbocycles. The van der Waals surface area contributed by atoms with Crippen molar-refractivity contribution in [3.8, 4) is 0 Å². The fraction of sp³-hybridized carbons (Fsp3) is 0.800. The van der Waals surface area contributed by atoms with Gasteiger partial charge in [0.15, 0.2) is 0 Å². The number of ether oxygens (including phenoxy) is 1. The topological polar surface area (TPSA) is 50.4 Å². The van der Waals surface area contributed by atoms with E-state index in [1.165, 1.54) is 5.57 Å². The van der Waals surface area contributed by atoms with E-state index in [1.54, 1.807) is 0 Å². The van der Waals surface area contributed by atoms with Gasteiger partial charge in [0.2, 0.25) is 5.91 Å². The molecule has 0 aromatic carbocycles. The molecule has 4 heteroatoms. The maximum absolute atomic E-state index is 11.8. The molecule has 4 nitrogen and oxygen atoms in total. The van der Waals surface area contributed by atoms with Gasteiger partial charge in [-0.1, -0.05) is 11.6 Å². The Labute approximate surface area is 116 Å². The van der Waals surface area contributed by atoms with Gasteiger partial charge in [0.05, 0.1) is 6.10 Å². The van der Waals surface area contributed by atoms with Crippen molar-refractivity contribution in [3.63, 3.8) is 0 Å². The van der Waals surface area contributed by atoms with E-state index in [0.717, 1.165) is 51.9 Å². The number of carbonyl (C=O) groups excluding carboxylic acids is 1. The van der Waals surface area contributed by atoms with Gasteiger partial charge >= 0.3 is 0 Å². The fourth-order valence-electron chi connectivity index (χ4n) is 2.81. The number of rotatable bonds is 7. The van der Waals surface area contributed by atoms with Crippen LogP contribution in [0.2, 0.25) is 0 Å². The van der Waals surface area contributed by atoms with Gasteiger partial charge in [-0.05, 0) is 45.1 Å². The first-order chi connectivity index (χ1) is 9.28. The SMILES string of the molecule is CCOC1CC(CC(=O)NCCC2=CCNCC2)C1. The zero-order valence-electron chi connectivity index (χ0n) is 11.9. The van der Waals surface area contributed by atoms with Crippen LogP contribution in [0.1, 0.15) is 39.0 Å². The summed E-state index contributed by atoms with van der Waals surface area (Å²) in [7, 11) is 0. The Kier molecular flexibility index (Phi) is 5.86. The first-order valence-electron chi connectivity index (χ1n) is 7.55. The van der Waals surface area contributed by atoms with Crippen LogP contribution in [0.4, 0.5) is 0 Å². The van der Waals surface area contributed by atoms with Crippen molar-refractivity contribution in [2.75, 3.05) is 26.2 Å².